The first-order chi connectivity index (χ1) is 7.27. The van der Waals surface area contributed by atoms with Gasteiger partial charge in [0.2, 0.25) is 0 Å². The van der Waals surface area contributed by atoms with Crippen molar-refractivity contribution in [2.24, 2.45) is 11.7 Å². The van der Waals surface area contributed by atoms with Crippen molar-refractivity contribution in [2.45, 2.75) is 39.5 Å². The second kappa shape index (κ2) is 6.62. The summed E-state index contributed by atoms with van der Waals surface area (Å²) in [5.41, 5.74) is 8.67. The van der Waals surface area contributed by atoms with E-state index in [9.17, 15) is 0 Å². The van der Waals surface area contributed by atoms with Crippen LogP contribution in [0.3, 0.4) is 0 Å². The number of benzene rings is 1. The van der Waals surface area contributed by atoms with Crippen LogP contribution in [0.1, 0.15) is 37.3 Å². The maximum atomic E-state index is 5.81. The van der Waals surface area contributed by atoms with Crippen molar-refractivity contribution in [3.05, 3.63) is 35.4 Å². The Morgan fingerprint density at radius 3 is 2.60 bits per heavy atom. The SMILES string of the molecule is CCCCC(CN)Cc1ccccc1C. The van der Waals surface area contributed by atoms with E-state index in [-0.39, 0.29) is 0 Å². The average molecular weight is 205 g/mol. The van der Waals surface area contributed by atoms with Crippen LogP contribution in [0.25, 0.3) is 0 Å². The average Bonchev–Trinajstić information content (AvgIpc) is 2.26. The van der Waals surface area contributed by atoms with Gasteiger partial charge in [0.15, 0.2) is 0 Å². The van der Waals surface area contributed by atoms with Crippen LogP contribution in [0.15, 0.2) is 24.3 Å². The fourth-order valence-corrected chi connectivity index (χ4v) is 1.95. The number of nitrogens with two attached hydrogens (primary N) is 1. The molecule has 84 valence electrons. The highest BCUT2D eigenvalue weighted by atomic mass is 14.5. The lowest BCUT2D eigenvalue weighted by Gasteiger charge is -2.15. The van der Waals surface area contributed by atoms with Gasteiger partial charge in [-0.25, -0.2) is 0 Å². The minimum atomic E-state index is 0.658. The molecule has 0 aliphatic rings. The zero-order chi connectivity index (χ0) is 11.1. The molecule has 0 aliphatic carbocycles. The van der Waals surface area contributed by atoms with E-state index in [0.29, 0.717) is 5.92 Å². The van der Waals surface area contributed by atoms with Gasteiger partial charge >= 0.3 is 0 Å². The van der Waals surface area contributed by atoms with E-state index < -0.39 is 0 Å². The van der Waals surface area contributed by atoms with Gasteiger partial charge in [0.05, 0.1) is 0 Å². The molecule has 0 spiro atoms. The smallest absolute Gasteiger partial charge is 0.00457 e. The van der Waals surface area contributed by atoms with Gasteiger partial charge in [-0.3, -0.25) is 0 Å². The number of rotatable bonds is 6. The summed E-state index contributed by atoms with van der Waals surface area (Å²) in [7, 11) is 0. The van der Waals surface area contributed by atoms with Gasteiger partial charge in [-0.15, -0.1) is 0 Å². The van der Waals surface area contributed by atoms with Crippen molar-refractivity contribution in [3.63, 3.8) is 0 Å². The molecule has 0 saturated carbocycles. The predicted molar refractivity (Wildman–Crippen MR) is 67.0 cm³/mol. The molecule has 1 aromatic rings. The molecule has 0 radical (unpaired) electrons. The molecule has 1 heteroatoms. The molecule has 0 amide bonds. The van der Waals surface area contributed by atoms with Crippen LogP contribution in [0.4, 0.5) is 0 Å². The summed E-state index contributed by atoms with van der Waals surface area (Å²) in [6.45, 7) is 5.23. The maximum Gasteiger partial charge on any atom is -0.00457 e. The molecule has 2 N–H and O–H groups in total. The molecule has 0 bridgehead atoms. The summed E-state index contributed by atoms with van der Waals surface area (Å²) in [5.74, 6) is 0.658. The molecule has 0 fully saturated rings. The predicted octanol–water partition coefficient (Wildman–Crippen LogP) is 3.30. The van der Waals surface area contributed by atoms with Gasteiger partial charge in [-0.05, 0) is 43.4 Å². The van der Waals surface area contributed by atoms with Crippen molar-refractivity contribution in [3.8, 4) is 0 Å². The zero-order valence-electron chi connectivity index (χ0n) is 10.00. The highest BCUT2D eigenvalue weighted by molar-refractivity contribution is 5.25. The van der Waals surface area contributed by atoms with E-state index in [1.54, 1.807) is 0 Å². The Kier molecular flexibility index (Phi) is 5.41. The summed E-state index contributed by atoms with van der Waals surface area (Å²) in [6, 6.07) is 8.63. The molecular weight excluding hydrogens is 182 g/mol. The molecule has 15 heavy (non-hydrogen) atoms. The van der Waals surface area contributed by atoms with Crippen LogP contribution in [-0.2, 0) is 6.42 Å². The lowest BCUT2D eigenvalue weighted by Crippen LogP contribution is -2.17. The fraction of sp³-hybridized carbons (Fsp3) is 0.571. The Balaban J connectivity index is 2.54. The first-order valence-corrected chi connectivity index (χ1v) is 6.02. The number of aryl methyl sites for hydroxylation is 1. The molecule has 1 aromatic carbocycles. The second-order valence-electron chi connectivity index (χ2n) is 4.37. The Morgan fingerprint density at radius 1 is 1.27 bits per heavy atom. The summed E-state index contributed by atoms with van der Waals surface area (Å²) in [4.78, 5) is 0. The van der Waals surface area contributed by atoms with Crippen molar-refractivity contribution >= 4 is 0 Å². The molecule has 0 aliphatic heterocycles. The van der Waals surface area contributed by atoms with Crippen LogP contribution in [0.5, 0.6) is 0 Å². The lowest BCUT2D eigenvalue weighted by molar-refractivity contribution is 0.472. The minimum Gasteiger partial charge on any atom is -0.330 e. The number of hydrogen-bond donors (Lipinski definition) is 1. The largest absolute Gasteiger partial charge is 0.330 e. The summed E-state index contributed by atoms with van der Waals surface area (Å²) >= 11 is 0. The Bertz CT molecular complexity index is 280. The molecule has 1 atom stereocenters. The fourth-order valence-electron chi connectivity index (χ4n) is 1.95. The Labute approximate surface area is 93.7 Å². The van der Waals surface area contributed by atoms with Crippen molar-refractivity contribution < 1.29 is 0 Å². The summed E-state index contributed by atoms with van der Waals surface area (Å²) < 4.78 is 0. The normalized spacial score (nSPS) is 12.7. The molecule has 1 nitrogen and oxygen atoms in total. The van der Waals surface area contributed by atoms with Gasteiger partial charge in [-0.1, -0.05) is 44.0 Å². The maximum absolute atomic E-state index is 5.81. The van der Waals surface area contributed by atoms with Crippen molar-refractivity contribution in [1.82, 2.24) is 0 Å². The third kappa shape index (κ3) is 4.05. The summed E-state index contributed by atoms with van der Waals surface area (Å²) in [6.07, 6.45) is 4.97. The van der Waals surface area contributed by atoms with E-state index >= 15 is 0 Å². The topological polar surface area (TPSA) is 26.0 Å². The molecule has 1 unspecified atom stereocenters. The van der Waals surface area contributed by atoms with E-state index in [1.807, 2.05) is 0 Å². The lowest BCUT2D eigenvalue weighted by atomic mass is 9.92. The Morgan fingerprint density at radius 2 is 2.00 bits per heavy atom. The van der Waals surface area contributed by atoms with Gasteiger partial charge in [0.25, 0.3) is 0 Å². The van der Waals surface area contributed by atoms with Gasteiger partial charge in [-0.2, -0.15) is 0 Å². The van der Waals surface area contributed by atoms with E-state index in [1.165, 1.54) is 30.4 Å². The Hall–Kier alpha value is -0.820. The van der Waals surface area contributed by atoms with Crippen LogP contribution < -0.4 is 5.73 Å². The van der Waals surface area contributed by atoms with Crippen LogP contribution in [0.2, 0.25) is 0 Å². The first-order valence-electron chi connectivity index (χ1n) is 6.02. The summed E-state index contributed by atoms with van der Waals surface area (Å²) in [5, 5.41) is 0. The second-order valence-corrected chi connectivity index (χ2v) is 4.37. The third-order valence-corrected chi connectivity index (χ3v) is 3.07. The van der Waals surface area contributed by atoms with Crippen molar-refractivity contribution in [1.29, 1.82) is 0 Å². The highest BCUT2D eigenvalue weighted by Gasteiger charge is 2.08. The highest BCUT2D eigenvalue weighted by Crippen LogP contribution is 2.16. The minimum absolute atomic E-state index is 0.658. The van der Waals surface area contributed by atoms with Crippen molar-refractivity contribution in [2.75, 3.05) is 6.54 Å². The zero-order valence-corrected chi connectivity index (χ0v) is 10.00. The van der Waals surface area contributed by atoms with E-state index in [0.717, 1.165) is 13.0 Å². The standard InChI is InChI=1S/C14H23N/c1-3-4-8-13(11-15)10-14-9-6-5-7-12(14)2/h5-7,9,13H,3-4,8,10-11,15H2,1-2H3. The van der Waals surface area contributed by atoms with E-state index in [4.69, 9.17) is 5.73 Å². The quantitative estimate of drug-likeness (QED) is 0.757. The van der Waals surface area contributed by atoms with Crippen LogP contribution in [0, 0.1) is 12.8 Å². The first kappa shape index (κ1) is 12.3. The molecule has 0 saturated heterocycles. The number of unbranched alkanes of at least 4 members (excludes halogenated alkanes) is 1. The van der Waals surface area contributed by atoms with Gasteiger partial charge in [0.1, 0.15) is 0 Å². The molecular formula is C14H23N. The number of hydrogen-bond acceptors (Lipinski definition) is 1. The monoisotopic (exact) mass is 205 g/mol. The van der Waals surface area contributed by atoms with E-state index in [2.05, 4.69) is 38.1 Å². The van der Waals surface area contributed by atoms with Crippen LogP contribution >= 0.6 is 0 Å². The van der Waals surface area contributed by atoms with Gasteiger partial charge < -0.3 is 5.73 Å². The van der Waals surface area contributed by atoms with Gasteiger partial charge in [0, 0.05) is 0 Å². The molecule has 1 rings (SSSR count). The molecule has 0 heterocycles. The third-order valence-electron chi connectivity index (χ3n) is 3.07. The molecule has 0 aromatic heterocycles. The van der Waals surface area contributed by atoms with Crippen LogP contribution in [-0.4, -0.2) is 6.54 Å².